The molecule has 1 fully saturated rings. The first-order valence-electron chi connectivity index (χ1n) is 11.2. The average molecular weight is 446 g/mol. The van der Waals surface area contributed by atoms with Gasteiger partial charge in [-0.25, -0.2) is 0 Å². The van der Waals surface area contributed by atoms with Crippen molar-refractivity contribution >= 4 is 11.6 Å². The second-order valence-corrected chi connectivity index (χ2v) is 9.27. The molecule has 2 aliphatic heterocycles. The third-order valence-electron chi connectivity index (χ3n) is 6.39. The second-order valence-electron chi connectivity index (χ2n) is 9.27. The Bertz CT molecular complexity index is 945. The van der Waals surface area contributed by atoms with Crippen LogP contribution in [0.15, 0.2) is 48.5 Å². The fourth-order valence-electron chi connectivity index (χ4n) is 4.78. The quantitative estimate of drug-likeness (QED) is 0.744. The molecule has 0 radical (unpaired) electrons. The van der Waals surface area contributed by atoms with Gasteiger partial charge >= 0.3 is 6.18 Å². The van der Waals surface area contributed by atoms with E-state index in [2.05, 4.69) is 27.2 Å². The highest BCUT2D eigenvalue weighted by molar-refractivity contribution is 5.82. The third-order valence-corrected chi connectivity index (χ3v) is 6.39. The van der Waals surface area contributed by atoms with Crippen molar-refractivity contribution in [1.82, 2.24) is 10.2 Å². The zero-order valence-corrected chi connectivity index (χ0v) is 18.5. The molecule has 1 saturated heterocycles. The van der Waals surface area contributed by atoms with Crippen molar-refractivity contribution in [1.29, 1.82) is 0 Å². The minimum atomic E-state index is -4.39. The maximum absolute atomic E-state index is 13.3. The Morgan fingerprint density at radius 3 is 2.56 bits per heavy atom. The van der Waals surface area contributed by atoms with Crippen LogP contribution in [0.1, 0.15) is 30.5 Å². The number of piperazine rings is 1. The molecule has 2 aliphatic rings. The van der Waals surface area contributed by atoms with Gasteiger partial charge in [-0.05, 0) is 41.7 Å². The molecule has 2 atom stereocenters. The highest BCUT2D eigenvalue weighted by Gasteiger charge is 2.42. The van der Waals surface area contributed by atoms with E-state index in [1.54, 1.807) is 6.07 Å². The average Bonchev–Trinajstić information content (AvgIpc) is 2.76. The van der Waals surface area contributed by atoms with Crippen LogP contribution in [0.3, 0.4) is 0 Å². The number of rotatable bonds is 5. The summed E-state index contributed by atoms with van der Waals surface area (Å²) in [7, 11) is 0. The number of anilines is 1. The smallest absolute Gasteiger partial charge is 0.365 e. The van der Waals surface area contributed by atoms with Crippen molar-refractivity contribution < 1.29 is 18.0 Å². The first-order valence-corrected chi connectivity index (χ1v) is 11.2. The van der Waals surface area contributed by atoms with Crippen molar-refractivity contribution in [2.75, 3.05) is 31.1 Å². The second kappa shape index (κ2) is 9.14. The van der Waals surface area contributed by atoms with Gasteiger partial charge in [-0.15, -0.1) is 0 Å². The van der Waals surface area contributed by atoms with Crippen LogP contribution < -0.4 is 10.2 Å². The number of nitrogens with zero attached hydrogens (tertiary/aromatic N) is 2. The lowest BCUT2D eigenvalue weighted by atomic mass is 9.82. The Balaban J connectivity index is 1.61. The highest BCUT2D eigenvalue weighted by Crippen LogP contribution is 2.39. The number of benzene rings is 2. The van der Waals surface area contributed by atoms with Gasteiger partial charge in [0.1, 0.15) is 0 Å². The van der Waals surface area contributed by atoms with Crippen LogP contribution in [0.2, 0.25) is 0 Å². The summed E-state index contributed by atoms with van der Waals surface area (Å²) >= 11 is 0. The molecule has 0 aromatic heterocycles. The number of nitrogens with one attached hydrogen (secondary N) is 1. The van der Waals surface area contributed by atoms with Gasteiger partial charge in [0.15, 0.2) is 0 Å². The molecule has 4 nitrogen and oxygen atoms in total. The monoisotopic (exact) mass is 445 g/mol. The zero-order chi connectivity index (χ0) is 22.9. The summed E-state index contributed by atoms with van der Waals surface area (Å²) in [5, 5.41) is 3.02. The zero-order valence-electron chi connectivity index (χ0n) is 18.5. The minimum Gasteiger partial charge on any atom is -0.365 e. The van der Waals surface area contributed by atoms with Crippen LogP contribution in [-0.4, -0.2) is 43.0 Å². The summed E-state index contributed by atoms with van der Waals surface area (Å²) in [6, 6.07) is 14.1. The van der Waals surface area contributed by atoms with Crippen LogP contribution in [0, 0.1) is 11.8 Å². The number of hydrogen-bond donors (Lipinski definition) is 1. The summed E-state index contributed by atoms with van der Waals surface area (Å²) in [5.41, 5.74) is 2.00. The van der Waals surface area contributed by atoms with E-state index >= 15 is 0 Å². The summed E-state index contributed by atoms with van der Waals surface area (Å²) in [6.07, 6.45) is -4.07. The standard InChI is InChI=1S/C25H30F3N3O/c1-17(2)14-29-24(32)21-13-19-12-20(25(26,27)28)8-9-22(19)31-11-10-30(16-23(21)31)15-18-6-4-3-5-7-18/h3-9,12,17,21,23H,10-11,13-16H2,1-2H3,(H,29,32)/t21-,23-/m0/s1. The molecule has 172 valence electrons. The summed E-state index contributed by atoms with van der Waals surface area (Å²) in [6.45, 7) is 7.60. The molecule has 7 heteroatoms. The number of carbonyl (C=O) groups excluding carboxylic acids is 1. The van der Waals surface area contributed by atoms with Crippen LogP contribution in [0.25, 0.3) is 0 Å². The van der Waals surface area contributed by atoms with Crippen molar-refractivity contribution in [3.05, 3.63) is 65.2 Å². The molecule has 1 N–H and O–H groups in total. The molecule has 32 heavy (non-hydrogen) atoms. The Morgan fingerprint density at radius 1 is 1.12 bits per heavy atom. The predicted molar refractivity (Wildman–Crippen MR) is 119 cm³/mol. The van der Waals surface area contributed by atoms with Crippen LogP contribution in [-0.2, 0) is 23.9 Å². The topological polar surface area (TPSA) is 35.6 Å². The van der Waals surface area contributed by atoms with Gasteiger partial charge in [0.05, 0.1) is 17.5 Å². The normalized spacial score (nSPS) is 21.2. The molecule has 4 rings (SSSR count). The van der Waals surface area contributed by atoms with Gasteiger partial charge < -0.3 is 10.2 Å². The van der Waals surface area contributed by atoms with Gasteiger partial charge in [0.25, 0.3) is 0 Å². The van der Waals surface area contributed by atoms with Crippen molar-refractivity contribution in [2.24, 2.45) is 11.8 Å². The number of carbonyl (C=O) groups is 1. The van der Waals surface area contributed by atoms with Crippen LogP contribution >= 0.6 is 0 Å². The number of halogens is 3. The summed E-state index contributed by atoms with van der Waals surface area (Å²) in [4.78, 5) is 17.6. The lowest BCUT2D eigenvalue weighted by molar-refractivity contribution is -0.137. The lowest BCUT2D eigenvalue weighted by Gasteiger charge is -2.49. The van der Waals surface area contributed by atoms with E-state index in [9.17, 15) is 18.0 Å². The van der Waals surface area contributed by atoms with E-state index in [0.717, 1.165) is 24.8 Å². The van der Waals surface area contributed by atoms with Gasteiger partial charge in [0, 0.05) is 38.4 Å². The van der Waals surface area contributed by atoms with E-state index in [-0.39, 0.29) is 17.9 Å². The Morgan fingerprint density at radius 2 is 1.88 bits per heavy atom. The fourth-order valence-corrected chi connectivity index (χ4v) is 4.78. The van der Waals surface area contributed by atoms with E-state index < -0.39 is 11.7 Å². The van der Waals surface area contributed by atoms with E-state index in [1.807, 2.05) is 32.0 Å². The number of amides is 1. The Hall–Kier alpha value is -2.54. The SMILES string of the molecule is CC(C)CNC(=O)[C@H]1Cc2cc(C(F)(F)F)ccc2N2CCN(Cc3ccccc3)C[C@@H]12. The van der Waals surface area contributed by atoms with Crippen LogP contribution in [0.5, 0.6) is 0 Å². The Labute approximate surface area is 187 Å². The molecule has 0 unspecified atom stereocenters. The minimum absolute atomic E-state index is 0.0659. The molecule has 0 saturated carbocycles. The first-order chi connectivity index (χ1) is 15.2. The fraction of sp³-hybridized carbons (Fsp3) is 0.480. The summed E-state index contributed by atoms with van der Waals surface area (Å²) < 4.78 is 39.9. The predicted octanol–water partition coefficient (Wildman–Crippen LogP) is 4.34. The maximum Gasteiger partial charge on any atom is 0.416 e. The van der Waals surface area contributed by atoms with Gasteiger partial charge in [-0.2, -0.15) is 13.2 Å². The van der Waals surface area contributed by atoms with Gasteiger partial charge in [0.2, 0.25) is 5.91 Å². The number of fused-ring (bicyclic) bond motifs is 3. The molecular formula is C25H30F3N3O. The highest BCUT2D eigenvalue weighted by atomic mass is 19.4. The van der Waals surface area contributed by atoms with Gasteiger partial charge in [-0.3, -0.25) is 9.69 Å². The molecule has 0 aliphatic carbocycles. The van der Waals surface area contributed by atoms with Crippen molar-refractivity contribution in [3.63, 3.8) is 0 Å². The van der Waals surface area contributed by atoms with Crippen LogP contribution in [0.4, 0.5) is 18.9 Å². The number of hydrogen-bond acceptors (Lipinski definition) is 3. The Kier molecular flexibility index (Phi) is 6.47. The molecule has 0 bridgehead atoms. The molecule has 1 amide bonds. The largest absolute Gasteiger partial charge is 0.416 e. The molecular weight excluding hydrogens is 415 g/mol. The molecule has 2 heterocycles. The van der Waals surface area contributed by atoms with E-state index in [0.29, 0.717) is 37.5 Å². The third kappa shape index (κ3) is 4.93. The molecule has 2 aromatic rings. The molecule has 0 spiro atoms. The first kappa shape index (κ1) is 22.6. The van der Waals surface area contributed by atoms with E-state index in [4.69, 9.17) is 0 Å². The summed E-state index contributed by atoms with van der Waals surface area (Å²) in [5.74, 6) is -0.148. The maximum atomic E-state index is 13.3. The van der Waals surface area contributed by atoms with E-state index in [1.165, 1.54) is 11.6 Å². The van der Waals surface area contributed by atoms with Crippen molar-refractivity contribution in [3.8, 4) is 0 Å². The van der Waals surface area contributed by atoms with Crippen molar-refractivity contribution in [2.45, 2.75) is 39.0 Å². The number of alkyl halides is 3. The molecule has 2 aromatic carbocycles. The van der Waals surface area contributed by atoms with Gasteiger partial charge in [-0.1, -0.05) is 44.2 Å². The lowest BCUT2D eigenvalue weighted by Crippen LogP contribution is -2.61.